The fourth-order valence-electron chi connectivity index (χ4n) is 4.28. The fourth-order valence-corrected chi connectivity index (χ4v) is 4.96. The van der Waals surface area contributed by atoms with Gasteiger partial charge in [0.15, 0.2) is 0 Å². The van der Waals surface area contributed by atoms with Crippen molar-refractivity contribution in [3.8, 4) is 11.1 Å². The molecule has 0 spiro atoms. The van der Waals surface area contributed by atoms with E-state index in [-0.39, 0.29) is 35.0 Å². The van der Waals surface area contributed by atoms with Crippen LogP contribution in [0.15, 0.2) is 41.5 Å². The van der Waals surface area contributed by atoms with E-state index in [1.54, 1.807) is 6.07 Å². The Morgan fingerprint density at radius 1 is 1.19 bits per heavy atom. The number of morpholine rings is 1. The van der Waals surface area contributed by atoms with Gasteiger partial charge >= 0.3 is 0 Å². The molecule has 198 valence electrons. The number of halogens is 2. The van der Waals surface area contributed by atoms with Crippen LogP contribution in [0.2, 0.25) is 0 Å². The predicted octanol–water partition coefficient (Wildman–Crippen LogP) is 2.21. The highest BCUT2D eigenvalue weighted by Crippen LogP contribution is 2.29. The molecular formula is C25H28F2N4O5S. The highest BCUT2D eigenvalue weighted by molar-refractivity contribution is 7.86. The standard InChI is InChI=1S/C25H28F2N4O5S/c1-25(37(2)35,24(33)29-34)5-6-31-15-28-22-13-18(21(27)12-19(22)23(31)32)17-4-3-16(11-20(17)26)14-30-7-9-36-10-8-30/h3-4,11-13,15,34H,5-10,14H2,1-2H3,(H,29,33). The molecule has 12 heteroatoms. The summed E-state index contributed by atoms with van der Waals surface area (Å²) in [6.45, 7) is 4.70. The van der Waals surface area contributed by atoms with Crippen molar-refractivity contribution < 1.29 is 27.7 Å². The molecular weight excluding hydrogens is 506 g/mol. The number of benzene rings is 2. The number of carbonyl (C=O) groups excluding carboxylic acids is 1. The summed E-state index contributed by atoms with van der Waals surface area (Å²) in [7, 11) is -1.65. The molecule has 37 heavy (non-hydrogen) atoms. The van der Waals surface area contributed by atoms with Crippen LogP contribution in [0.3, 0.4) is 0 Å². The van der Waals surface area contributed by atoms with Crippen molar-refractivity contribution in [1.29, 1.82) is 0 Å². The van der Waals surface area contributed by atoms with Crippen molar-refractivity contribution in [2.45, 2.75) is 31.2 Å². The minimum absolute atomic E-state index is 0.0128. The maximum absolute atomic E-state index is 15.1. The van der Waals surface area contributed by atoms with Crippen molar-refractivity contribution in [3.63, 3.8) is 0 Å². The zero-order valence-corrected chi connectivity index (χ0v) is 21.3. The SMILES string of the molecule is CS(=O)C(C)(CCn1cnc2cc(-c3ccc(CN4CCOCC4)cc3F)c(F)cc2c1=O)C(=O)NO. The Morgan fingerprint density at radius 3 is 2.54 bits per heavy atom. The molecule has 4 rings (SSSR count). The number of aromatic nitrogens is 2. The molecule has 0 saturated carbocycles. The van der Waals surface area contributed by atoms with Crippen LogP contribution < -0.4 is 11.0 Å². The average molecular weight is 535 g/mol. The van der Waals surface area contributed by atoms with Crippen molar-refractivity contribution in [2.75, 3.05) is 32.6 Å². The molecule has 0 aliphatic carbocycles. The van der Waals surface area contributed by atoms with Crippen LogP contribution in [0.4, 0.5) is 8.78 Å². The molecule has 9 nitrogen and oxygen atoms in total. The lowest BCUT2D eigenvalue weighted by atomic mass is 10.0. The van der Waals surface area contributed by atoms with Gasteiger partial charge in [-0.05, 0) is 37.1 Å². The van der Waals surface area contributed by atoms with Gasteiger partial charge in [0.1, 0.15) is 16.4 Å². The van der Waals surface area contributed by atoms with Gasteiger partial charge in [0.05, 0.1) is 30.4 Å². The van der Waals surface area contributed by atoms with Gasteiger partial charge in [-0.25, -0.2) is 19.2 Å². The third kappa shape index (κ3) is 5.61. The molecule has 2 atom stereocenters. The molecule has 1 aromatic heterocycles. The minimum atomic E-state index is -1.65. The number of hydrogen-bond acceptors (Lipinski definition) is 7. The van der Waals surface area contributed by atoms with Crippen LogP contribution >= 0.6 is 0 Å². The van der Waals surface area contributed by atoms with Gasteiger partial charge in [0, 0.05) is 54.4 Å². The van der Waals surface area contributed by atoms with E-state index in [0.717, 1.165) is 24.7 Å². The quantitative estimate of drug-likeness (QED) is 0.337. The number of nitrogens with zero attached hydrogens (tertiary/aromatic N) is 3. The maximum atomic E-state index is 15.1. The molecule has 1 amide bonds. The van der Waals surface area contributed by atoms with Gasteiger partial charge in [0.25, 0.3) is 11.5 Å². The van der Waals surface area contributed by atoms with Gasteiger partial charge < -0.3 is 4.74 Å². The predicted molar refractivity (Wildman–Crippen MR) is 134 cm³/mol. The summed E-state index contributed by atoms with van der Waals surface area (Å²) in [5.41, 5.74) is 1.94. The number of ether oxygens (including phenoxy) is 1. The van der Waals surface area contributed by atoms with E-state index in [0.29, 0.717) is 19.8 Å². The van der Waals surface area contributed by atoms with Gasteiger partial charge in [0.2, 0.25) is 0 Å². The van der Waals surface area contributed by atoms with E-state index in [4.69, 9.17) is 9.94 Å². The minimum Gasteiger partial charge on any atom is -0.379 e. The normalized spacial score (nSPS) is 16.9. The van der Waals surface area contributed by atoms with Crippen LogP contribution in [0, 0.1) is 11.6 Å². The molecule has 2 heterocycles. The lowest BCUT2D eigenvalue weighted by Gasteiger charge is -2.26. The first-order valence-electron chi connectivity index (χ1n) is 11.7. The van der Waals surface area contributed by atoms with Crippen molar-refractivity contribution in [2.24, 2.45) is 0 Å². The van der Waals surface area contributed by atoms with E-state index in [9.17, 15) is 13.8 Å². The number of fused-ring (bicyclic) bond motifs is 1. The number of hydrogen-bond donors (Lipinski definition) is 2. The molecule has 0 bridgehead atoms. The highest BCUT2D eigenvalue weighted by atomic mass is 32.2. The third-order valence-corrected chi connectivity index (χ3v) is 8.45. The maximum Gasteiger partial charge on any atom is 0.261 e. The second-order valence-corrected chi connectivity index (χ2v) is 11.0. The van der Waals surface area contributed by atoms with E-state index in [1.807, 2.05) is 0 Å². The number of carbonyl (C=O) groups is 1. The Morgan fingerprint density at radius 2 is 1.89 bits per heavy atom. The topological polar surface area (TPSA) is 114 Å². The van der Waals surface area contributed by atoms with Crippen molar-refractivity contribution in [3.05, 3.63) is 64.2 Å². The van der Waals surface area contributed by atoms with Crippen LogP contribution in [0.25, 0.3) is 22.0 Å². The summed E-state index contributed by atoms with van der Waals surface area (Å²) >= 11 is 0. The van der Waals surface area contributed by atoms with Crippen molar-refractivity contribution in [1.82, 2.24) is 19.9 Å². The first-order valence-corrected chi connectivity index (χ1v) is 13.3. The molecule has 0 radical (unpaired) electrons. The molecule has 2 unspecified atom stereocenters. The van der Waals surface area contributed by atoms with E-state index >= 15 is 8.78 Å². The fraction of sp³-hybridized carbons (Fsp3) is 0.400. The zero-order chi connectivity index (χ0) is 26.7. The monoisotopic (exact) mass is 534 g/mol. The largest absolute Gasteiger partial charge is 0.379 e. The Kier molecular flexibility index (Phi) is 8.12. The number of amides is 1. The molecule has 2 N–H and O–H groups in total. The number of hydroxylamine groups is 1. The van der Waals surface area contributed by atoms with Crippen LogP contribution in [-0.4, -0.2) is 67.1 Å². The highest BCUT2D eigenvalue weighted by Gasteiger charge is 2.37. The Hall–Kier alpha value is -3.06. The summed E-state index contributed by atoms with van der Waals surface area (Å²) in [5, 5.41) is 8.97. The van der Waals surface area contributed by atoms with Crippen molar-refractivity contribution >= 4 is 27.6 Å². The average Bonchev–Trinajstić information content (AvgIpc) is 2.88. The summed E-state index contributed by atoms with van der Waals surface area (Å²) < 4.78 is 47.3. The zero-order valence-electron chi connectivity index (χ0n) is 20.5. The lowest BCUT2D eigenvalue weighted by molar-refractivity contribution is -0.131. The summed E-state index contributed by atoms with van der Waals surface area (Å²) in [6, 6.07) is 7.02. The molecule has 1 saturated heterocycles. The van der Waals surface area contributed by atoms with Gasteiger partial charge in [-0.2, -0.15) is 0 Å². The number of nitrogens with one attached hydrogen (secondary N) is 1. The van der Waals surface area contributed by atoms with Gasteiger partial charge in [-0.15, -0.1) is 0 Å². The third-order valence-electron chi connectivity index (χ3n) is 6.79. The number of rotatable bonds is 8. The van der Waals surface area contributed by atoms with E-state index in [1.165, 1.54) is 47.8 Å². The van der Waals surface area contributed by atoms with E-state index in [2.05, 4.69) is 9.88 Å². The summed E-state index contributed by atoms with van der Waals surface area (Å²) in [6.07, 6.45) is 2.52. The van der Waals surface area contributed by atoms with Crippen LogP contribution in [-0.2, 0) is 33.4 Å². The Balaban J connectivity index is 1.60. The lowest BCUT2D eigenvalue weighted by Crippen LogP contribution is -2.47. The molecule has 2 aromatic carbocycles. The van der Waals surface area contributed by atoms with Gasteiger partial charge in [-0.3, -0.25) is 28.5 Å². The Bertz CT molecular complexity index is 1410. The Labute approximate surface area is 214 Å². The molecule has 1 fully saturated rings. The smallest absolute Gasteiger partial charge is 0.261 e. The second kappa shape index (κ2) is 11.1. The first-order chi connectivity index (χ1) is 17.6. The second-order valence-electron chi connectivity index (χ2n) is 9.17. The summed E-state index contributed by atoms with van der Waals surface area (Å²) in [4.78, 5) is 31.4. The molecule has 3 aromatic rings. The van der Waals surface area contributed by atoms with Crippen LogP contribution in [0.1, 0.15) is 18.9 Å². The molecule has 1 aliphatic rings. The molecule has 1 aliphatic heterocycles. The van der Waals surface area contributed by atoms with E-state index < -0.39 is 38.6 Å². The summed E-state index contributed by atoms with van der Waals surface area (Å²) in [5.74, 6) is -2.20. The number of aryl methyl sites for hydroxylation is 1. The van der Waals surface area contributed by atoms with Gasteiger partial charge in [-0.1, -0.05) is 12.1 Å². The van der Waals surface area contributed by atoms with Crippen LogP contribution in [0.5, 0.6) is 0 Å². The first kappa shape index (κ1) is 27.0.